The summed E-state index contributed by atoms with van der Waals surface area (Å²) in [6.07, 6.45) is 0.800. The van der Waals surface area contributed by atoms with Crippen LogP contribution in [0.2, 0.25) is 0 Å². The number of carbonyl (C=O) groups excluding carboxylic acids is 1. The summed E-state index contributed by atoms with van der Waals surface area (Å²) in [6.45, 7) is 4.06. The largest absolute Gasteiger partial charge is 0.493 e. The maximum Gasteiger partial charge on any atom is 0.226 e. The number of nitrogens with one attached hydrogen (secondary N) is 1. The van der Waals surface area contributed by atoms with E-state index in [2.05, 4.69) is 29.4 Å². The van der Waals surface area contributed by atoms with Crippen molar-refractivity contribution in [3.8, 4) is 28.5 Å². The molecule has 0 spiro atoms. The van der Waals surface area contributed by atoms with Crippen molar-refractivity contribution in [2.45, 2.75) is 26.7 Å². The van der Waals surface area contributed by atoms with Crippen molar-refractivity contribution in [2.24, 2.45) is 0 Å². The Morgan fingerprint density at radius 1 is 0.967 bits per heavy atom. The van der Waals surface area contributed by atoms with E-state index < -0.39 is 0 Å². The highest BCUT2D eigenvalue weighted by Gasteiger charge is 2.17. The van der Waals surface area contributed by atoms with Gasteiger partial charge in [0.1, 0.15) is 0 Å². The SMILES string of the molecule is COc1ccc(CCC(=O)Nc2nc(-c3ccc(C)cc3)c(C)s2)c(OC)c1OC. The second-order valence-corrected chi connectivity index (χ2v) is 8.03. The molecule has 1 amide bonds. The van der Waals surface area contributed by atoms with Gasteiger partial charge < -0.3 is 19.5 Å². The molecule has 158 valence electrons. The minimum absolute atomic E-state index is 0.101. The molecule has 1 aromatic heterocycles. The minimum atomic E-state index is -0.101. The molecule has 0 aliphatic carbocycles. The van der Waals surface area contributed by atoms with Gasteiger partial charge in [-0.2, -0.15) is 0 Å². The van der Waals surface area contributed by atoms with E-state index in [9.17, 15) is 4.79 Å². The number of ether oxygens (including phenoxy) is 3. The number of thiazole rings is 1. The topological polar surface area (TPSA) is 69.7 Å². The predicted octanol–water partition coefficient (Wildman–Crippen LogP) is 5.02. The van der Waals surface area contributed by atoms with Crippen molar-refractivity contribution in [3.63, 3.8) is 0 Å². The van der Waals surface area contributed by atoms with Gasteiger partial charge >= 0.3 is 0 Å². The predicted molar refractivity (Wildman–Crippen MR) is 120 cm³/mol. The molecule has 0 saturated heterocycles. The first kappa shape index (κ1) is 21.6. The number of aryl methyl sites for hydroxylation is 3. The van der Waals surface area contributed by atoms with Gasteiger partial charge in [-0.25, -0.2) is 4.98 Å². The van der Waals surface area contributed by atoms with Crippen molar-refractivity contribution in [1.82, 2.24) is 4.98 Å². The third-order valence-electron chi connectivity index (χ3n) is 4.78. The van der Waals surface area contributed by atoms with E-state index in [1.807, 2.05) is 31.2 Å². The molecule has 0 atom stereocenters. The van der Waals surface area contributed by atoms with E-state index in [1.165, 1.54) is 16.9 Å². The fourth-order valence-corrected chi connectivity index (χ4v) is 4.07. The van der Waals surface area contributed by atoms with Crippen molar-refractivity contribution in [2.75, 3.05) is 26.6 Å². The fourth-order valence-electron chi connectivity index (χ4n) is 3.22. The molecular formula is C23H26N2O4S. The highest BCUT2D eigenvalue weighted by Crippen LogP contribution is 2.40. The second-order valence-electron chi connectivity index (χ2n) is 6.83. The molecule has 0 bridgehead atoms. The number of aromatic nitrogens is 1. The summed E-state index contributed by atoms with van der Waals surface area (Å²) in [5, 5.41) is 3.52. The van der Waals surface area contributed by atoms with Crippen molar-refractivity contribution in [3.05, 3.63) is 52.4 Å². The van der Waals surface area contributed by atoms with Crippen LogP contribution in [-0.2, 0) is 11.2 Å². The van der Waals surface area contributed by atoms with Crippen LogP contribution in [0.1, 0.15) is 22.4 Å². The van der Waals surface area contributed by atoms with Crippen molar-refractivity contribution in [1.29, 1.82) is 0 Å². The zero-order chi connectivity index (χ0) is 21.7. The van der Waals surface area contributed by atoms with Gasteiger partial charge in [0.25, 0.3) is 0 Å². The first-order valence-electron chi connectivity index (χ1n) is 9.59. The summed E-state index contributed by atoms with van der Waals surface area (Å²) in [4.78, 5) is 18.2. The van der Waals surface area contributed by atoms with Crippen LogP contribution in [-0.4, -0.2) is 32.2 Å². The molecule has 3 aromatic rings. The number of hydrogen-bond donors (Lipinski definition) is 1. The summed E-state index contributed by atoms with van der Waals surface area (Å²) in [6, 6.07) is 11.9. The molecule has 0 aliphatic heterocycles. The van der Waals surface area contributed by atoms with E-state index >= 15 is 0 Å². The molecule has 30 heavy (non-hydrogen) atoms. The quantitative estimate of drug-likeness (QED) is 0.547. The van der Waals surface area contributed by atoms with E-state index in [0.717, 1.165) is 21.7 Å². The number of rotatable bonds is 8. The standard InChI is InChI=1S/C23H26N2O4S/c1-14-6-8-16(9-7-14)20-15(2)30-23(25-20)24-19(26)13-11-17-10-12-18(27-3)22(29-5)21(17)28-4/h6-10,12H,11,13H2,1-5H3,(H,24,25,26). The Kier molecular flexibility index (Phi) is 6.95. The second kappa shape index (κ2) is 9.63. The number of benzene rings is 2. The average molecular weight is 427 g/mol. The summed E-state index contributed by atoms with van der Waals surface area (Å²) >= 11 is 1.48. The van der Waals surface area contributed by atoms with E-state index in [0.29, 0.717) is 35.2 Å². The molecule has 0 fully saturated rings. The third-order valence-corrected chi connectivity index (χ3v) is 5.66. The van der Waals surface area contributed by atoms with E-state index in [4.69, 9.17) is 14.2 Å². The lowest BCUT2D eigenvalue weighted by atomic mass is 10.1. The summed E-state index contributed by atoms with van der Waals surface area (Å²) < 4.78 is 16.2. The molecule has 1 heterocycles. The van der Waals surface area contributed by atoms with Gasteiger partial charge in [-0.1, -0.05) is 35.9 Å². The lowest BCUT2D eigenvalue weighted by molar-refractivity contribution is -0.116. The molecule has 1 N–H and O–H groups in total. The Labute approximate surface area is 180 Å². The summed E-state index contributed by atoms with van der Waals surface area (Å²) in [5.41, 5.74) is 4.02. The minimum Gasteiger partial charge on any atom is -0.493 e. The van der Waals surface area contributed by atoms with Gasteiger partial charge in [0, 0.05) is 16.9 Å². The Morgan fingerprint density at radius 2 is 1.67 bits per heavy atom. The van der Waals surface area contributed by atoms with Gasteiger partial charge in [0.15, 0.2) is 16.6 Å². The van der Waals surface area contributed by atoms with Gasteiger partial charge in [-0.3, -0.25) is 4.79 Å². The van der Waals surface area contributed by atoms with Gasteiger partial charge in [0.2, 0.25) is 11.7 Å². The Hall–Kier alpha value is -3.06. The molecule has 3 rings (SSSR count). The molecule has 0 aliphatic rings. The first-order chi connectivity index (χ1) is 14.5. The molecule has 7 heteroatoms. The van der Waals surface area contributed by atoms with Crippen LogP contribution in [0.4, 0.5) is 5.13 Å². The maximum atomic E-state index is 12.5. The van der Waals surface area contributed by atoms with Crippen LogP contribution in [0.3, 0.4) is 0 Å². The zero-order valence-electron chi connectivity index (χ0n) is 17.9. The Bertz CT molecular complexity index is 1030. The average Bonchev–Trinajstić information content (AvgIpc) is 3.11. The van der Waals surface area contributed by atoms with Crippen LogP contribution in [0.5, 0.6) is 17.2 Å². The molecule has 2 aromatic carbocycles. The van der Waals surface area contributed by atoms with Crippen LogP contribution < -0.4 is 19.5 Å². The monoisotopic (exact) mass is 426 g/mol. The fraction of sp³-hybridized carbons (Fsp3) is 0.304. The normalized spacial score (nSPS) is 10.6. The zero-order valence-corrected chi connectivity index (χ0v) is 18.7. The Balaban J connectivity index is 1.68. The van der Waals surface area contributed by atoms with Gasteiger partial charge in [0.05, 0.1) is 27.0 Å². The van der Waals surface area contributed by atoms with Crippen molar-refractivity contribution >= 4 is 22.4 Å². The maximum absolute atomic E-state index is 12.5. The third kappa shape index (κ3) is 4.74. The summed E-state index contributed by atoms with van der Waals surface area (Å²) in [5.74, 6) is 1.59. The van der Waals surface area contributed by atoms with E-state index in [1.54, 1.807) is 21.3 Å². The van der Waals surface area contributed by atoms with Crippen molar-refractivity contribution < 1.29 is 19.0 Å². The lowest BCUT2D eigenvalue weighted by Crippen LogP contribution is -2.12. The number of amides is 1. The van der Waals surface area contributed by atoms with Crippen LogP contribution >= 0.6 is 11.3 Å². The molecule has 0 unspecified atom stereocenters. The molecule has 6 nitrogen and oxygen atoms in total. The van der Waals surface area contributed by atoms with Crippen LogP contribution in [0.25, 0.3) is 11.3 Å². The number of anilines is 1. The van der Waals surface area contributed by atoms with Gasteiger partial charge in [-0.05, 0) is 31.9 Å². The van der Waals surface area contributed by atoms with Crippen LogP contribution in [0, 0.1) is 13.8 Å². The number of methoxy groups -OCH3 is 3. The number of carbonyl (C=O) groups is 1. The molecule has 0 radical (unpaired) electrons. The summed E-state index contributed by atoms with van der Waals surface area (Å²) in [7, 11) is 4.71. The lowest BCUT2D eigenvalue weighted by Gasteiger charge is -2.15. The highest BCUT2D eigenvalue weighted by molar-refractivity contribution is 7.16. The number of nitrogens with zero attached hydrogens (tertiary/aromatic N) is 1. The number of hydrogen-bond acceptors (Lipinski definition) is 6. The van der Waals surface area contributed by atoms with Gasteiger partial charge in [-0.15, -0.1) is 11.3 Å². The highest BCUT2D eigenvalue weighted by atomic mass is 32.1. The molecule has 0 saturated carbocycles. The first-order valence-corrected chi connectivity index (χ1v) is 10.4. The smallest absolute Gasteiger partial charge is 0.226 e. The van der Waals surface area contributed by atoms with E-state index in [-0.39, 0.29) is 5.91 Å². The molecular weight excluding hydrogens is 400 g/mol. The van der Waals surface area contributed by atoms with Crippen LogP contribution in [0.15, 0.2) is 36.4 Å². The Morgan fingerprint density at radius 3 is 2.30 bits per heavy atom.